The number of cyclic esters (lactones) is 1. The van der Waals surface area contributed by atoms with Crippen molar-refractivity contribution in [2.24, 2.45) is 71.0 Å². The smallest absolute Gasteiger partial charge is 0.329 e. The Hall–Kier alpha value is -9.50. The lowest BCUT2D eigenvalue weighted by Crippen LogP contribution is -2.63. The van der Waals surface area contributed by atoms with Crippen molar-refractivity contribution >= 4 is 94.2 Å². The number of hydrogen-bond acceptors (Lipinski definition) is 25. The zero-order valence-electron chi connectivity index (χ0n) is 95.8. The highest BCUT2D eigenvalue weighted by atomic mass is 16.6. The SMILES string of the molecule is C/C=C/C[C@@H](C)[C@@H](O)[C@H]1C(=O)N[C@@H](CC)C(=O)N(C)CC(=O)N(C)[C@@H](CC(C)C)C(=O)N[C@@H](C(C)C)C(=O)N(C)[C@@H](CC(C)C)C(=O)N[C@@H](C)C(=O)N[C@H](C)C(=O)N(C)[C@@H](CC(C)C)C(=O)N(C)[C@@H](CC(C)C)C(=O)N(C)[C@@H](C(C)C)C(=O)N1C.CO[C@H]1C[C@@H]2CC[C@@H](C)[C@@](O)(O2)C(=O)C(=O)N2CCCC[C@H]2C(=O)O[C@H]([C@H](C)C[C@@H]2CC[C@@H](O)[C@H](OC)C2)CC(=O)[C@H](C)/C=C(\C)[C@@H](O)[C@@H](OC)C(=O)CC[C@H](C)/C=C/C=C/C=C/1C. The average molecular weight is 2100 g/mol. The van der Waals surface area contributed by atoms with E-state index in [0.29, 0.717) is 69.8 Å². The molecule has 3 saturated heterocycles. The van der Waals surface area contributed by atoms with E-state index in [9.17, 15) is 87.5 Å². The highest BCUT2D eigenvalue weighted by Crippen LogP contribution is 2.39. The number of fused-ring (bicyclic) bond motifs is 3. The summed E-state index contributed by atoms with van der Waals surface area (Å²) in [5, 5.41) is 56.8. The van der Waals surface area contributed by atoms with Gasteiger partial charge in [-0.3, -0.25) is 71.9 Å². The van der Waals surface area contributed by atoms with Crippen LogP contribution < -0.4 is 21.3 Å². The largest absolute Gasteiger partial charge is 0.460 e. The monoisotopic (exact) mass is 2100 g/mol. The first-order chi connectivity index (χ1) is 69.5. The van der Waals surface area contributed by atoms with Gasteiger partial charge in [0.25, 0.3) is 11.7 Å². The van der Waals surface area contributed by atoms with Gasteiger partial charge in [0.15, 0.2) is 5.78 Å². The predicted octanol–water partition coefficient (Wildman–Crippen LogP) is 9.20. The minimum Gasteiger partial charge on any atom is -0.460 e. The number of ether oxygens (including phenoxy) is 5. The quantitative estimate of drug-likeness (QED) is 0.0301. The van der Waals surface area contributed by atoms with Gasteiger partial charge >= 0.3 is 5.97 Å². The van der Waals surface area contributed by atoms with Gasteiger partial charge in [0.2, 0.25) is 70.8 Å². The van der Waals surface area contributed by atoms with E-state index in [2.05, 4.69) is 21.3 Å². The second kappa shape index (κ2) is 62.0. The van der Waals surface area contributed by atoms with Gasteiger partial charge in [0, 0.05) is 108 Å². The van der Waals surface area contributed by atoms with Crippen molar-refractivity contribution in [2.45, 2.75) is 402 Å². The molecule has 2 bridgehead atoms. The normalized spacial score (nSPS) is 32.4. The number of esters is 1. The number of allylic oxidation sites excluding steroid dienone is 8. The summed E-state index contributed by atoms with van der Waals surface area (Å²) in [5.74, 6) is -17.2. The molecule has 4 fully saturated rings. The van der Waals surface area contributed by atoms with E-state index in [1.54, 1.807) is 95.6 Å². The molecule has 8 N–H and O–H groups in total. The number of hydrogen-bond donors (Lipinski definition) is 8. The fourth-order valence-corrected chi connectivity index (χ4v) is 20.4. The van der Waals surface area contributed by atoms with E-state index >= 15 is 9.59 Å². The summed E-state index contributed by atoms with van der Waals surface area (Å²) in [4.78, 5) is 240. The van der Waals surface area contributed by atoms with Crippen molar-refractivity contribution in [3.63, 3.8) is 0 Å². The lowest BCUT2D eigenvalue weighted by atomic mass is 9.78. The van der Waals surface area contributed by atoms with E-state index in [1.165, 1.54) is 99.7 Å². The number of nitrogens with one attached hydrogen (secondary N) is 4. The summed E-state index contributed by atoms with van der Waals surface area (Å²) in [7, 11) is 14.4. The van der Waals surface area contributed by atoms with Crippen LogP contribution in [0.4, 0.5) is 0 Å². The number of amides is 12. The third-order valence-corrected chi connectivity index (χ3v) is 30.2. The second-order valence-corrected chi connectivity index (χ2v) is 45.1. The van der Waals surface area contributed by atoms with Gasteiger partial charge in [-0.05, 0) is 208 Å². The molecule has 0 aromatic carbocycles. The molecule has 0 spiro atoms. The van der Waals surface area contributed by atoms with Gasteiger partial charge in [-0.1, -0.05) is 173 Å². The lowest BCUT2D eigenvalue weighted by molar-refractivity contribution is -0.265. The summed E-state index contributed by atoms with van der Waals surface area (Å²) >= 11 is 0. The van der Waals surface area contributed by atoms with Crippen LogP contribution in [-0.2, 0) is 100 Å². The van der Waals surface area contributed by atoms with Crippen LogP contribution in [0, 0.1) is 71.0 Å². The third-order valence-electron chi connectivity index (χ3n) is 30.2. The zero-order valence-corrected chi connectivity index (χ0v) is 95.8. The molecule has 4 aliphatic heterocycles. The maximum absolute atomic E-state index is 15.1. The molecule has 149 heavy (non-hydrogen) atoms. The standard InChI is InChI=1S/C62H111N11O12.C50H77NO13/c1-25-27-28-40(15)52(75)51-56(79)65-43(26-2)58(81)67(18)33-48(74)68(19)44(29-34(3)4)55(78)66-49(38(11)12)61(84)69(20)45(30-35(5)6)54(77)63-41(16)53(76)64-42(17)57(80)70(21)46(31-36(7)8)59(82)71(22)47(32-37(9)10)60(83)72(23)50(39(13)14)62(85)73(51)24;1-30-15-11-10-12-16-31(2)42(60-7)28-37-21-19-35(6)50(59,64-37)47(56)48(57)51-24-14-13-17-38(51)49(58)63-43(33(4)26-36-20-23-39(52)44(27-36)61-8)29-41(54)32(3)25-34(5)45(55)46(62-9)40(53)22-18-30/h25,27,34-47,49-52,75H,26,28-33H2,1-24H3,(H,63,77)(H,64,76)(H,65,79)(H,66,78);10-12,15-16,25,30,32-33,35-39,42-46,52,55,59H,13-14,17-24,26-29H2,1-9H3/b27-25+;12-10+,15-11+,31-16+,34-25+/t40-,41+,42-,43+,44+,45+,46+,47+,49+,50+,51+,52-;30-,32-,33-,35-,36+,37+,38+,39-,42+,43+,44-,45-,46+,50-/m11/s1. The summed E-state index contributed by atoms with van der Waals surface area (Å²) in [5.41, 5.74) is 1.27. The number of rotatable bonds is 21. The average Bonchev–Trinajstić information content (AvgIpc) is 0.774. The minimum absolute atomic E-state index is 0.0229. The van der Waals surface area contributed by atoms with Gasteiger partial charge in [0.1, 0.15) is 90.6 Å². The molecule has 0 radical (unpaired) electrons. The van der Waals surface area contributed by atoms with Crippen molar-refractivity contribution in [3.05, 3.63) is 59.8 Å². The molecule has 0 unspecified atom stereocenters. The fraction of sp³-hybridized carbons (Fsp3) is 0.768. The number of Topliss-reactive ketones (excluding diaryl/α,β-unsaturated/α-hetero) is 3. The molecule has 26 atom stereocenters. The van der Waals surface area contributed by atoms with Crippen LogP contribution in [0.3, 0.4) is 0 Å². The van der Waals surface area contributed by atoms with Crippen molar-refractivity contribution in [1.82, 2.24) is 60.5 Å². The molecular formula is C112H188N12O25. The molecule has 37 heteroatoms. The Morgan fingerprint density at radius 3 is 1.64 bits per heavy atom. The number of aliphatic hydroxyl groups is 4. The first-order valence-electron chi connectivity index (χ1n) is 54.1. The summed E-state index contributed by atoms with van der Waals surface area (Å²) in [6.45, 7) is 40.2. The number of nitrogens with zero attached hydrogens (tertiary/aromatic N) is 8. The van der Waals surface area contributed by atoms with Gasteiger partial charge < -0.3 is 105 Å². The third kappa shape index (κ3) is 37.7. The van der Waals surface area contributed by atoms with Crippen molar-refractivity contribution in [2.75, 3.05) is 83.8 Å². The molecule has 1 saturated carbocycles. The van der Waals surface area contributed by atoms with Crippen LogP contribution in [0.1, 0.15) is 281 Å². The molecule has 5 rings (SSSR count). The number of piperidine rings is 1. The van der Waals surface area contributed by atoms with Gasteiger partial charge in [-0.15, -0.1) is 0 Å². The van der Waals surface area contributed by atoms with Crippen molar-refractivity contribution < 1.29 is 121 Å². The Balaban J connectivity index is 0.000000643. The Kier molecular flexibility index (Phi) is 54.8. The van der Waals surface area contributed by atoms with E-state index < -0.39 is 234 Å². The van der Waals surface area contributed by atoms with Crippen LogP contribution in [0.15, 0.2) is 59.8 Å². The van der Waals surface area contributed by atoms with Crippen molar-refractivity contribution in [1.29, 1.82) is 0 Å². The maximum atomic E-state index is 15.1. The van der Waals surface area contributed by atoms with Crippen LogP contribution >= 0.6 is 0 Å². The molecule has 0 aromatic heterocycles. The van der Waals surface area contributed by atoms with E-state index in [-0.39, 0.29) is 117 Å². The Morgan fingerprint density at radius 2 is 1.09 bits per heavy atom. The number of ketones is 3. The number of carbonyl (C=O) groups is 16. The number of likely N-dealkylation sites (N-methyl/N-ethyl adjacent to an activating group) is 7. The topological polar surface area (TPSA) is 474 Å². The molecular weight excluding hydrogens is 1910 g/mol. The van der Waals surface area contributed by atoms with Crippen LogP contribution in [0.2, 0.25) is 0 Å². The van der Waals surface area contributed by atoms with Crippen LogP contribution in [-0.4, -0.2) is 359 Å². The Bertz CT molecular complexity index is 4610. The first kappa shape index (κ1) is 132. The maximum Gasteiger partial charge on any atom is 0.329 e. The molecule has 5 aliphatic rings. The van der Waals surface area contributed by atoms with Gasteiger partial charge in [0.05, 0.1) is 37.1 Å². The van der Waals surface area contributed by atoms with Gasteiger partial charge in [-0.2, -0.15) is 0 Å². The van der Waals surface area contributed by atoms with E-state index in [1.807, 2.05) is 113 Å². The van der Waals surface area contributed by atoms with Crippen molar-refractivity contribution in [3.8, 4) is 0 Å². The lowest BCUT2D eigenvalue weighted by Gasteiger charge is -2.42. The minimum atomic E-state index is -2.43. The Morgan fingerprint density at radius 1 is 0.537 bits per heavy atom. The van der Waals surface area contributed by atoms with Crippen LogP contribution in [0.5, 0.6) is 0 Å². The molecule has 846 valence electrons. The van der Waals surface area contributed by atoms with Gasteiger partial charge in [-0.25, -0.2) is 4.79 Å². The van der Waals surface area contributed by atoms with E-state index in [4.69, 9.17) is 23.7 Å². The first-order valence-corrected chi connectivity index (χ1v) is 54.1. The number of carbonyl (C=O) groups excluding carboxylic acids is 16. The van der Waals surface area contributed by atoms with E-state index in [0.717, 1.165) is 21.8 Å². The highest BCUT2D eigenvalue weighted by Gasteiger charge is 2.55. The zero-order chi connectivity index (χ0) is 113. The molecule has 37 nitrogen and oxygen atoms in total. The molecule has 0 aromatic rings. The molecule has 1 aliphatic carbocycles. The number of methoxy groups -OCH3 is 3. The summed E-state index contributed by atoms with van der Waals surface area (Å²) in [6.07, 6.45) is 14.4. The van der Waals surface area contributed by atoms with Crippen LogP contribution in [0.25, 0.3) is 0 Å². The number of aliphatic hydroxyl groups excluding tert-OH is 3. The second-order valence-electron chi connectivity index (χ2n) is 45.1. The fourth-order valence-electron chi connectivity index (χ4n) is 20.4. The Labute approximate surface area is 887 Å². The summed E-state index contributed by atoms with van der Waals surface area (Å²) in [6, 6.07) is -13.5. The predicted molar refractivity (Wildman–Crippen MR) is 569 cm³/mol. The molecule has 12 amide bonds. The highest BCUT2D eigenvalue weighted by molar-refractivity contribution is 6.39. The summed E-state index contributed by atoms with van der Waals surface area (Å²) < 4.78 is 29.3. The molecule has 4 heterocycles.